The molecule has 0 bridgehead atoms. The number of carbonyl (C=O) groups excluding carboxylic acids is 1. The molecule has 1 fully saturated rings. The van der Waals surface area contributed by atoms with Crippen molar-refractivity contribution in [3.05, 3.63) is 59.8 Å². The molecule has 1 aromatic heterocycles. The zero-order chi connectivity index (χ0) is 23.9. The summed E-state index contributed by atoms with van der Waals surface area (Å²) in [5.41, 5.74) is 2.14. The van der Waals surface area contributed by atoms with Crippen molar-refractivity contribution in [2.24, 2.45) is 0 Å². The normalized spacial score (nSPS) is 14.9. The highest BCUT2D eigenvalue weighted by molar-refractivity contribution is 5.93. The summed E-state index contributed by atoms with van der Waals surface area (Å²) in [6.45, 7) is 2.42. The van der Waals surface area contributed by atoms with E-state index in [1.54, 1.807) is 27.4 Å². The number of carbonyl (C=O) groups is 1. The van der Waals surface area contributed by atoms with Gasteiger partial charge in [-0.2, -0.15) is 0 Å². The van der Waals surface area contributed by atoms with Gasteiger partial charge in [0.25, 0.3) is 5.91 Å². The van der Waals surface area contributed by atoms with Crippen molar-refractivity contribution in [1.29, 1.82) is 0 Å². The second kappa shape index (κ2) is 11.1. The maximum absolute atomic E-state index is 12.9. The zero-order valence-electron chi connectivity index (χ0n) is 19.9. The van der Waals surface area contributed by atoms with Crippen molar-refractivity contribution in [2.75, 3.05) is 41.0 Å². The van der Waals surface area contributed by atoms with Gasteiger partial charge in [-0.05, 0) is 67.9 Å². The fraction of sp³-hybridized carbons (Fsp3) is 0.385. The molecule has 8 heteroatoms. The van der Waals surface area contributed by atoms with Crippen molar-refractivity contribution in [3.63, 3.8) is 0 Å². The predicted molar refractivity (Wildman–Crippen MR) is 129 cm³/mol. The van der Waals surface area contributed by atoms with Crippen LogP contribution in [0.4, 0.5) is 0 Å². The number of rotatable bonds is 9. The molecule has 1 amide bonds. The molecule has 180 valence electrons. The second-order valence-corrected chi connectivity index (χ2v) is 8.24. The third kappa shape index (κ3) is 5.34. The van der Waals surface area contributed by atoms with Gasteiger partial charge < -0.3 is 24.1 Å². The summed E-state index contributed by atoms with van der Waals surface area (Å²) < 4.78 is 21.5. The lowest BCUT2D eigenvalue weighted by Crippen LogP contribution is -2.40. The fourth-order valence-electron chi connectivity index (χ4n) is 4.30. The van der Waals surface area contributed by atoms with Gasteiger partial charge in [-0.1, -0.05) is 17.6 Å². The van der Waals surface area contributed by atoms with Gasteiger partial charge in [-0.3, -0.25) is 9.69 Å². The molecule has 0 saturated carbocycles. The summed E-state index contributed by atoms with van der Waals surface area (Å²) in [6, 6.07) is 15.0. The van der Waals surface area contributed by atoms with E-state index in [0.29, 0.717) is 23.8 Å². The Morgan fingerprint density at radius 1 is 0.971 bits per heavy atom. The molecule has 3 aromatic rings. The highest BCUT2D eigenvalue weighted by Crippen LogP contribution is 2.33. The van der Waals surface area contributed by atoms with Crippen LogP contribution in [0.3, 0.4) is 0 Å². The standard InChI is InChI=1S/C26H31N3O5/c1-31-20-10-7-18(8-11-20)24-16-21(28-34-24)26(30)27-17-22(29-13-5-4-6-14-29)19-9-12-23(32-2)25(15-19)33-3/h7-12,15-16,22H,4-6,13-14,17H2,1-3H3,(H,27,30)/t22-/m0/s1. The number of nitrogens with one attached hydrogen (secondary N) is 1. The van der Waals surface area contributed by atoms with Crippen molar-refractivity contribution < 1.29 is 23.5 Å². The van der Waals surface area contributed by atoms with E-state index >= 15 is 0 Å². The minimum atomic E-state index is -0.272. The van der Waals surface area contributed by atoms with Gasteiger partial charge >= 0.3 is 0 Å². The SMILES string of the molecule is COc1ccc(-c2cc(C(=O)NC[C@@H](c3ccc(OC)c(OC)c3)N3CCCCC3)no2)cc1. The van der Waals surface area contributed by atoms with E-state index in [1.807, 2.05) is 42.5 Å². The monoisotopic (exact) mass is 465 g/mol. The fourth-order valence-corrected chi connectivity index (χ4v) is 4.30. The van der Waals surface area contributed by atoms with Crippen LogP contribution in [0.25, 0.3) is 11.3 Å². The van der Waals surface area contributed by atoms with Gasteiger partial charge in [0.05, 0.1) is 27.4 Å². The molecule has 1 saturated heterocycles. The van der Waals surface area contributed by atoms with Crippen molar-refractivity contribution in [2.45, 2.75) is 25.3 Å². The minimum Gasteiger partial charge on any atom is -0.497 e. The summed E-state index contributed by atoms with van der Waals surface area (Å²) >= 11 is 0. The number of amides is 1. The van der Waals surface area contributed by atoms with Crippen LogP contribution in [0.1, 0.15) is 41.4 Å². The molecule has 2 heterocycles. The Kier molecular flexibility index (Phi) is 7.69. The lowest BCUT2D eigenvalue weighted by molar-refractivity contribution is 0.0915. The van der Waals surface area contributed by atoms with Crippen LogP contribution in [0.5, 0.6) is 17.2 Å². The number of piperidine rings is 1. The maximum atomic E-state index is 12.9. The Morgan fingerprint density at radius 3 is 2.38 bits per heavy atom. The van der Waals surface area contributed by atoms with Gasteiger partial charge in [-0.15, -0.1) is 0 Å². The number of benzene rings is 2. The van der Waals surface area contributed by atoms with E-state index in [9.17, 15) is 4.79 Å². The van der Waals surface area contributed by atoms with Crippen LogP contribution in [0.2, 0.25) is 0 Å². The quantitative estimate of drug-likeness (QED) is 0.504. The Hall–Kier alpha value is -3.52. The van der Waals surface area contributed by atoms with E-state index in [4.69, 9.17) is 18.7 Å². The molecule has 0 unspecified atom stereocenters. The van der Waals surface area contributed by atoms with Crippen molar-refractivity contribution >= 4 is 5.91 Å². The zero-order valence-corrected chi connectivity index (χ0v) is 19.9. The molecule has 2 aromatic carbocycles. The van der Waals surface area contributed by atoms with E-state index in [1.165, 1.54) is 6.42 Å². The average Bonchev–Trinajstić information content (AvgIpc) is 3.40. The highest BCUT2D eigenvalue weighted by Gasteiger charge is 2.25. The van der Waals surface area contributed by atoms with Crippen molar-refractivity contribution in [1.82, 2.24) is 15.4 Å². The first-order chi connectivity index (χ1) is 16.6. The van der Waals surface area contributed by atoms with Gasteiger partial charge in [-0.25, -0.2) is 0 Å². The van der Waals surface area contributed by atoms with Crippen LogP contribution in [0.15, 0.2) is 53.1 Å². The molecule has 1 atom stereocenters. The van der Waals surface area contributed by atoms with Crippen LogP contribution in [-0.2, 0) is 0 Å². The van der Waals surface area contributed by atoms with Gasteiger partial charge in [0.1, 0.15) is 5.75 Å². The first-order valence-corrected chi connectivity index (χ1v) is 11.5. The third-order valence-electron chi connectivity index (χ3n) is 6.20. The Balaban J connectivity index is 1.49. The first kappa shape index (κ1) is 23.6. The molecule has 0 spiro atoms. The number of aromatic nitrogens is 1. The number of nitrogens with zero attached hydrogens (tertiary/aromatic N) is 2. The molecule has 0 radical (unpaired) electrons. The van der Waals surface area contributed by atoms with Crippen LogP contribution >= 0.6 is 0 Å². The molecule has 0 aliphatic carbocycles. The van der Waals surface area contributed by atoms with E-state index in [-0.39, 0.29) is 17.6 Å². The summed E-state index contributed by atoms with van der Waals surface area (Å²) in [5.74, 6) is 2.36. The molecule has 8 nitrogen and oxygen atoms in total. The van der Waals surface area contributed by atoms with Gasteiger partial charge in [0.2, 0.25) is 0 Å². The number of likely N-dealkylation sites (tertiary alicyclic amines) is 1. The smallest absolute Gasteiger partial charge is 0.273 e. The first-order valence-electron chi connectivity index (χ1n) is 11.5. The van der Waals surface area contributed by atoms with Crippen LogP contribution in [-0.4, -0.2) is 56.9 Å². The summed E-state index contributed by atoms with van der Waals surface area (Å²) in [7, 11) is 4.87. The van der Waals surface area contributed by atoms with E-state index < -0.39 is 0 Å². The molecule has 4 rings (SSSR count). The number of methoxy groups -OCH3 is 3. The Labute approximate surface area is 199 Å². The molecular weight excluding hydrogens is 434 g/mol. The topological polar surface area (TPSA) is 86.1 Å². The summed E-state index contributed by atoms with van der Waals surface area (Å²) in [6.07, 6.45) is 3.52. The van der Waals surface area contributed by atoms with E-state index in [2.05, 4.69) is 15.4 Å². The lowest BCUT2D eigenvalue weighted by Gasteiger charge is -2.35. The van der Waals surface area contributed by atoms with Crippen molar-refractivity contribution in [3.8, 4) is 28.6 Å². The molecule has 1 aliphatic rings. The van der Waals surface area contributed by atoms with Crippen LogP contribution in [0, 0.1) is 0 Å². The third-order valence-corrected chi connectivity index (χ3v) is 6.20. The lowest BCUT2D eigenvalue weighted by atomic mass is 10.0. The second-order valence-electron chi connectivity index (χ2n) is 8.24. The maximum Gasteiger partial charge on any atom is 0.273 e. The summed E-state index contributed by atoms with van der Waals surface area (Å²) in [4.78, 5) is 15.3. The largest absolute Gasteiger partial charge is 0.497 e. The molecule has 1 N–H and O–H groups in total. The number of hydrogen-bond donors (Lipinski definition) is 1. The molecule has 1 aliphatic heterocycles. The number of ether oxygens (including phenoxy) is 3. The molecule has 34 heavy (non-hydrogen) atoms. The van der Waals surface area contributed by atoms with Gasteiger partial charge in [0, 0.05) is 18.2 Å². The van der Waals surface area contributed by atoms with E-state index in [0.717, 1.165) is 42.8 Å². The summed E-state index contributed by atoms with van der Waals surface area (Å²) in [5, 5.41) is 7.03. The minimum absolute atomic E-state index is 0.0111. The Bertz CT molecular complexity index is 1090. The predicted octanol–water partition coefficient (Wildman–Crippen LogP) is 4.32. The average molecular weight is 466 g/mol. The number of hydrogen-bond acceptors (Lipinski definition) is 7. The molecular formula is C26H31N3O5. The van der Waals surface area contributed by atoms with Gasteiger partial charge in [0.15, 0.2) is 23.0 Å². The Morgan fingerprint density at radius 2 is 1.71 bits per heavy atom. The van der Waals surface area contributed by atoms with Crippen LogP contribution < -0.4 is 19.5 Å². The highest BCUT2D eigenvalue weighted by atomic mass is 16.5.